The second kappa shape index (κ2) is 7.10. The van der Waals surface area contributed by atoms with Gasteiger partial charge in [-0.1, -0.05) is 24.0 Å². The number of nitrogen functional groups attached to an aromatic ring is 1. The summed E-state index contributed by atoms with van der Waals surface area (Å²) in [6.45, 7) is 0. The summed E-state index contributed by atoms with van der Waals surface area (Å²) in [4.78, 5) is 23.1. The lowest BCUT2D eigenvalue weighted by Gasteiger charge is -2.07. The minimum atomic E-state index is -0.874. The molecule has 2 heterocycles. The average Bonchev–Trinajstić information content (AvgIpc) is 2.62. The highest BCUT2D eigenvalue weighted by atomic mass is 16.5. The van der Waals surface area contributed by atoms with Crippen molar-refractivity contribution < 1.29 is 9.53 Å². The molecule has 0 saturated heterocycles. The van der Waals surface area contributed by atoms with Gasteiger partial charge in [0.15, 0.2) is 0 Å². The van der Waals surface area contributed by atoms with Gasteiger partial charge in [0.1, 0.15) is 5.75 Å². The number of hydrogen-bond acceptors (Lipinski definition) is 6. The zero-order valence-electron chi connectivity index (χ0n) is 13.0. The first-order chi connectivity index (χ1) is 12.1. The van der Waals surface area contributed by atoms with Gasteiger partial charge in [-0.15, -0.1) is 0 Å². The first-order valence-electron chi connectivity index (χ1n) is 7.24. The molecule has 0 saturated carbocycles. The molecule has 0 aliphatic rings. The zero-order chi connectivity index (χ0) is 17.6. The largest absolute Gasteiger partial charge is 0.410 e. The SMILES string of the molecule is NC(=O)Oc1ccccc1-c1ccc(C#Cc2cnc(N)nc2)cn1. The first-order valence-corrected chi connectivity index (χ1v) is 7.24. The number of nitrogens with two attached hydrogens (primary N) is 2. The number of nitrogens with zero attached hydrogens (tertiary/aromatic N) is 3. The van der Waals surface area contributed by atoms with Crippen LogP contribution in [0.5, 0.6) is 5.75 Å². The molecule has 0 atom stereocenters. The van der Waals surface area contributed by atoms with E-state index in [0.717, 1.165) is 0 Å². The number of carbonyl (C=O) groups is 1. The topological polar surface area (TPSA) is 117 Å². The Morgan fingerprint density at radius 2 is 1.60 bits per heavy atom. The summed E-state index contributed by atoms with van der Waals surface area (Å²) in [6.07, 6.45) is 3.85. The van der Waals surface area contributed by atoms with Crippen LogP contribution in [0.4, 0.5) is 10.7 Å². The van der Waals surface area contributed by atoms with Crippen molar-refractivity contribution in [3.05, 3.63) is 66.1 Å². The van der Waals surface area contributed by atoms with Crippen LogP contribution in [0.1, 0.15) is 11.1 Å². The zero-order valence-corrected chi connectivity index (χ0v) is 13.0. The van der Waals surface area contributed by atoms with E-state index >= 15 is 0 Å². The smallest absolute Gasteiger partial charge is 0.409 e. The van der Waals surface area contributed by atoms with E-state index in [1.165, 1.54) is 0 Å². The van der Waals surface area contributed by atoms with Gasteiger partial charge in [-0.3, -0.25) is 4.98 Å². The Hall–Kier alpha value is -3.92. The molecule has 0 spiro atoms. The number of rotatable bonds is 2. The lowest BCUT2D eigenvalue weighted by atomic mass is 10.1. The minimum Gasteiger partial charge on any atom is -0.410 e. The normalized spacial score (nSPS) is 9.76. The molecule has 0 aliphatic carbocycles. The third-order valence-electron chi connectivity index (χ3n) is 3.16. The van der Waals surface area contributed by atoms with E-state index in [9.17, 15) is 4.79 Å². The average molecular weight is 331 g/mol. The van der Waals surface area contributed by atoms with Gasteiger partial charge in [-0.2, -0.15) is 0 Å². The molecule has 3 rings (SSSR count). The van der Waals surface area contributed by atoms with E-state index in [-0.39, 0.29) is 5.95 Å². The predicted molar refractivity (Wildman–Crippen MR) is 92.3 cm³/mol. The number of ether oxygens (including phenoxy) is 1. The van der Waals surface area contributed by atoms with E-state index in [0.29, 0.717) is 28.1 Å². The number of amides is 1. The monoisotopic (exact) mass is 331 g/mol. The van der Waals surface area contributed by atoms with Crippen molar-refractivity contribution in [2.75, 3.05) is 5.73 Å². The summed E-state index contributed by atoms with van der Waals surface area (Å²) < 4.78 is 4.99. The van der Waals surface area contributed by atoms with Gasteiger partial charge < -0.3 is 16.2 Å². The molecule has 0 radical (unpaired) electrons. The van der Waals surface area contributed by atoms with Gasteiger partial charge in [0, 0.05) is 29.7 Å². The Morgan fingerprint density at radius 1 is 0.920 bits per heavy atom. The van der Waals surface area contributed by atoms with Crippen LogP contribution in [-0.2, 0) is 0 Å². The number of hydrogen-bond donors (Lipinski definition) is 2. The highest BCUT2D eigenvalue weighted by Crippen LogP contribution is 2.28. The summed E-state index contributed by atoms with van der Waals surface area (Å²) in [5.74, 6) is 6.45. The lowest BCUT2D eigenvalue weighted by Crippen LogP contribution is -2.16. The second-order valence-corrected chi connectivity index (χ2v) is 4.93. The van der Waals surface area contributed by atoms with Crippen LogP contribution in [0.2, 0.25) is 0 Å². The van der Waals surface area contributed by atoms with Gasteiger partial charge in [-0.05, 0) is 24.3 Å². The van der Waals surface area contributed by atoms with Crippen LogP contribution in [0.25, 0.3) is 11.3 Å². The number of primary amides is 1. The van der Waals surface area contributed by atoms with Gasteiger partial charge in [-0.25, -0.2) is 14.8 Å². The third kappa shape index (κ3) is 4.09. The van der Waals surface area contributed by atoms with Crippen LogP contribution in [0, 0.1) is 11.8 Å². The number of pyridine rings is 1. The van der Waals surface area contributed by atoms with E-state index in [1.807, 2.05) is 12.1 Å². The van der Waals surface area contributed by atoms with E-state index < -0.39 is 6.09 Å². The highest BCUT2D eigenvalue weighted by molar-refractivity contribution is 5.74. The molecule has 25 heavy (non-hydrogen) atoms. The Labute approximate surface area is 143 Å². The van der Waals surface area contributed by atoms with Crippen molar-refractivity contribution in [3.63, 3.8) is 0 Å². The van der Waals surface area contributed by atoms with Crippen LogP contribution >= 0.6 is 0 Å². The van der Waals surface area contributed by atoms with Gasteiger partial charge in [0.05, 0.1) is 11.3 Å². The number of para-hydroxylation sites is 1. The summed E-state index contributed by atoms with van der Waals surface area (Å²) in [5, 5.41) is 0. The molecule has 7 nitrogen and oxygen atoms in total. The highest BCUT2D eigenvalue weighted by Gasteiger charge is 2.09. The van der Waals surface area contributed by atoms with Gasteiger partial charge in [0.2, 0.25) is 5.95 Å². The first kappa shape index (κ1) is 16.0. The Kier molecular flexibility index (Phi) is 4.53. The Bertz CT molecular complexity index is 957. The molecule has 1 amide bonds. The standard InChI is InChI=1S/C18H13N5O2/c19-17-22-10-13(11-23-17)6-5-12-7-8-15(21-9-12)14-3-1-2-4-16(14)25-18(20)24/h1-4,7-11H,(H2,20,24)(H2,19,22,23). The number of aromatic nitrogens is 3. The maximum atomic E-state index is 11.0. The maximum Gasteiger partial charge on any atom is 0.409 e. The van der Waals surface area contributed by atoms with Gasteiger partial charge >= 0.3 is 6.09 Å². The van der Waals surface area contributed by atoms with E-state index in [4.69, 9.17) is 16.2 Å². The lowest BCUT2D eigenvalue weighted by molar-refractivity contribution is 0.211. The molecular formula is C18H13N5O2. The molecule has 0 aliphatic heterocycles. The minimum absolute atomic E-state index is 0.202. The van der Waals surface area contributed by atoms with Crippen molar-refractivity contribution in [3.8, 4) is 28.8 Å². The number of benzene rings is 1. The molecule has 1 aromatic carbocycles. The Morgan fingerprint density at radius 3 is 2.28 bits per heavy atom. The van der Waals surface area contributed by atoms with Crippen molar-refractivity contribution in [2.24, 2.45) is 5.73 Å². The predicted octanol–water partition coefficient (Wildman–Crippen LogP) is 1.98. The third-order valence-corrected chi connectivity index (χ3v) is 3.16. The molecule has 2 aromatic heterocycles. The molecule has 3 aromatic rings. The van der Waals surface area contributed by atoms with Crippen molar-refractivity contribution in [2.45, 2.75) is 0 Å². The molecular weight excluding hydrogens is 318 g/mol. The fraction of sp³-hybridized carbons (Fsp3) is 0. The maximum absolute atomic E-state index is 11.0. The fourth-order valence-corrected chi connectivity index (χ4v) is 2.05. The molecule has 0 fully saturated rings. The summed E-state index contributed by atoms with van der Waals surface area (Å²) in [5.41, 5.74) is 13.2. The van der Waals surface area contributed by atoms with E-state index in [1.54, 1.807) is 42.9 Å². The molecule has 7 heteroatoms. The van der Waals surface area contributed by atoms with Gasteiger partial charge in [0.25, 0.3) is 0 Å². The van der Waals surface area contributed by atoms with Crippen LogP contribution in [-0.4, -0.2) is 21.0 Å². The van der Waals surface area contributed by atoms with Crippen LogP contribution in [0.15, 0.2) is 55.0 Å². The van der Waals surface area contributed by atoms with Crippen LogP contribution < -0.4 is 16.2 Å². The quantitative estimate of drug-likeness (QED) is 0.693. The number of anilines is 1. The summed E-state index contributed by atoms with van der Waals surface area (Å²) >= 11 is 0. The number of carbonyl (C=O) groups excluding carboxylic acids is 1. The summed E-state index contributed by atoms with van der Waals surface area (Å²) in [6, 6.07) is 10.6. The van der Waals surface area contributed by atoms with E-state index in [2.05, 4.69) is 26.8 Å². The van der Waals surface area contributed by atoms with Crippen molar-refractivity contribution in [1.29, 1.82) is 0 Å². The van der Waals surface area contributed by atoms with Crippen molar-refractivity contribution >= 4 is 12.0 Å². The Balaban J connectivity index is 1.84. The molecule has 0 bridgehead atoms. The second-order valence-electron chi connectivity index (χ2n) is 4.93. The molecule has 4 N–H and O–H groups in total. The molecule has 122 valence electrons. The fourth-order valence-electron chi connectivity index (χ4n) is 2.05. The summed E-state index contributed by atoms with van der Waals surface area (Å²) in [7, 11) is 0. The molecule has 0 unspecified atom stereocenters. The van der Waals surface area contributed by atoms with Crippen LogP contribution in [0.3, 0.4) is 0 Å². The van der Waals surface area contributed by atoms with Crippen molar-refractivity contribution in [1.82, 2.24) is 15.0 Å².